The van der Waals surface area contributed by atoms with Gasteiger partial charge in [-0.1, -0.05) is 36.5 Å². The molecule has 0 aliphatic rings. The number of hydrogen-bond acceptors (Lipinski definition) is 4. The molecule has 7 heteroatoms. The second-order valence-corrected chi connectivity index (χ2v) is 7.29. The van der Waals surface area contributed by atoms with Crippen molar-refractivity contribution in [2.24, 2.45) is 5.73 Å². The van der Waals surface area contributed by atoms with Crippen molar-refractivity contribution in [1.29, 1.82) is 0 Å². The smallest absolute Gasteiger partial charge is 0.215 e. The van der Waals surface area contributed by atoms with Gasteiger partial charge in [-0.2, -0.15) is 11.8 Å². The van der Waals surface area contributed by atoms with Gasteiger partial charge in [0.2, 0.25) is 10.0 Å². The molecule has 3 N–H and O–H groups in total. The van der Waals surface area contributed by atoms with Gasteiger partial charge in [0.1, 0.15) is 4.99 Å². The number of thiocarbonyl (C=S) groups is 1. The van der Waals surface area contributed by atoms with Gasteiger partial charge >= 0.3 is 0 Å². The van der Waals surface area contributed by atoms with E-state index in [1.54, 1.807) is 36.0 Å². The number of thioether (sulfide) groups is 1. The second kappa shape index (κ2) is 7.84. The molecule has 0 aromatic heterocycles. The Bertz CT molecular complexity index is 512. The van der Waals surface area contributed by atoms with E-state index < -0.39 is 10.0 Å². The maximum atomic E-state index is 11.8. The van der Waals surface area contributed by atoms with E-state index >= 15 is 0 Å². The van der Waals surface area contributed by atoms with Gasteiger partial charge in [0.25, 0.3) is 0 Å². The summed E-state index contributed by atoms with van der Waals surface area (Å²) >= 11 is 6.54. The third kappa shape index (κ3) is 6.38. The maximum absolute atomic E-state index is 11.8. The summed E-state index contributed by atoms with van der Waals surface area (Å²) in [6, 6.07) is 6.94. The van der Waals surface area contributed by atoms with Crippen molar-refractivity contribution in [2.45, 2.75) is 12.2 Å². The quantitative estimate of drug-likeness (QED) is 0.561. The molecular weight excluding hydrogens is 300 g/mol. The van der Waals surface area contributed by atoms with Crippen LogP contribution < -0.4 is 10.5 Å². The minimum atomic E-state index is -3.27. The van der Waals surface area contributed by atoms with Gasteiger partial charge in [0, 0.05) is 12.1 Å². The van der Waals surface area contributed by atoms with Crippen molar-refractivity contribution in [2.75, 3.05) is 18.6 Å². The van der Waals surface area contributed by atoms with Crippen LogP contribution in [0.1, 0.15) is 17.5 Å². The zero-order valence-electron chi connectivity index (χ0n) is 10.8. The molecule has 0 atom stereocenters. The van der Waals surface area contributed by atoms with E-state index in [2.05, 4.69) is 4.72 Å². The highest BCUT2D eigenvalue weighted by Gasteiger charge is 2.10. The van der Waals surface area contributed by atoms with Crippen LogP contribution in [0.2, 0.25) is 0 Å². The van der Waals surface area contributed by atoms with E-state index in [9.17, 15) is 8.42 Å². The average Bonchev–Trinajstić information content (AvgIpc) is 2.35. The summed E-state index contributed by atoms with van der Waals surface area (Å²) < 4.78 is 26.2. The van der Waals surface area contributed by atoms with Gasteiger partial charge in [-0.05, 0) is 24.0 Å². The molecule has 1 rings (SSSR count). The minimum absolute atomic E-state index is 0.0239. The van der Waals surface area contributed by atoms with Crippen LogP contribution in [0.15, 0.2) is 24.3 Å². The molecule has 1 aromatic carbocycles. The first-order chi connectivity index (χ1) is 8.94. The predicted molar refractivity (Wildman–Crippen MR) is 86.0 cm³/mol. The molecule has 0 bridgehead atoms. The number of rotatable bonds is 8. The monoisotopic (exact) mass is 318 g/mol. The van der Waals surface area contributed by atoms with Gasteiger partial charge in [-0.15, -0.1) is 0 Å². The van der Waals surface area contributed by atoms with Crippen LogP contribution in [-0.2, 0) is 15.8 Å². The van der Waals surface area contributed by atoms with Crippen LogP contribution in [0.3, 0.4) is 0 Å². The lowest BCUT2D eigenvalue weighted by molar-refractivity contribution is 0.580. The number of benzene rings is 1. The number of sulfonamides is 1. The minimum Gasteiger partial charge on any atom is -0.389 e. The van der Waals surface area contributed by atoms with Crippen LogP contribution in [0, 0.1) is 0 Å². The Balaban J connectivity index is 2.55. The standard InChI is InChI=1S/C12H18N2O2S3/c1-18-8-2-7-14-19(15,16)9-10-3-5-11(6-4-10)12(13)17/h3-6,14H,2,7-9H2,1H3,(H2,13,17). The Labute approximate surface area is 124 Å². The van der Waals surface area contributed by atoms with E-state index in [0.717, 1.165) is 23.3 Å². The van der Waals surface area contributed by atoms with Gasteiger partial charge in [0.05, 0.1) is 5.75 Å². The molecular formula is C12H18N2O2S3. The van der Waals surface area contributed by atoms with E-state index in [1.165, 1.54) is 0 Å². The molecule has 4 nitrogen and oxygen atoms in total. The SMILES string of the molecule is CSCCCNS(=O)(=O)Cc1ccc(C(N)=S)cc1. The summed E-state index contributed by atoms with van der Waals surface area (Å²) in [5, 5.41) is 0. The molecule has 0 radical (unpaired) electrons. The Morgan fingerprint density at radius 1 is 1.37 bits per heavy atom. The lowest BCUT2D eigenvalue weighted by Gasteiger charge is -2.07. The fourth-order valence-electron chi connectivity index (χ4n) is 1.48. The molecule has 0 fully saturated rings. The molecule has 106 valence electrons. The van der Waals surface area contributed by atoms with Gasteiger partial charge in [-0.25, -0.2) is 13.1 Å². The van der Waals surface area contributed by atoms with E-state index in [4.69, 9.17) is 18.0 Å². The van der Waals surface area contributed by atoms with Gasteiger partial charge in [-0.3, -0.25) is 0 Å². The van der Waals surface area contributed by atoms with Crippen molar-refractivity contribution in [1.82, 2.24) is 4.72 Å². The molecule has 1 aromatic rings. The first-order valence-electron chi connectivity index (χ1n) is 5.79. The van der Waals surface area contributed by atoms with Gasteiger partial charge < -0.3 is 5.73 Å². The molecule has 0 saturated carbocycles. The summed E-state index contributed by atoms with van der Waals surface area (Å²) in [6.07, 6.45) is 2.83. The topological polar surface area (TPSA) is 72.2 Å². The van der Waals surface area contributed by atoms with Crippen LogP contribution in [-0.4, -0.2) is 32.0 Å². The summed E-state index contributed by atoms with van der Waals surface area (Å²) in [5.41, 5.74) is 6.94. The maximum Gasteiger partial charge on any atom is 0.215 e. The van der Waals surface area contributed by atoms with Crippen molar-refractivity contribution in [3.63, 3.8) is 0 Å². The highest BCUT2D eigenvalue weighted by molar-refractivity contribution is 7.98. The molecule has 0 aliphatic heterocycles. The third-order valence-corrected chi connectivity index (χ3v) is 4.73. The molecule has 19 heavy (non-hydrogen) atoms. The van der Waals surface area contributed by atoms with Crippen molar-refractivity contribution >= 4 is 39.0 Å². The second-order valence-electron chi connectivity index (χ2n) is 4.06. The van der Waals surface area contributed by atoms with Crippen molar-refractivity contribution in [3.05, 3.63) is 35.4 Å². The van der Waals surface area contributed by atoms with Crippen LogP contribution in [0.25, 0.3) is 0 Å². The summed E-state index contributed by atoms with van der Waals surface area (Å²) in [5.74, 6) is 0.926. The molecule has 0 saturated heterocycles. The molecule has 0 aliphatic carbocycles. The van der Waals surface area contributed by atoms with Crippen LogP contribution in [0.4, 0.5) is 0 Å². The number of hydrogen-bond donors (Lipinski definition) is 2. The lowest BCUT2D eigenvalue weighted by Crippen LogP contribution is -2.26. The van der Waals surface area contributed by atoms with Crippen LogP contribution >= 0.6 is 24.0 Å². The Morgan fingerprint density at radius 3 is 2.53 bits per heavy atom. The number of nitrogens with two attached hydrogens (primary N) is 1. The largest absolute Gasteiger partial charge is 0.389 e. The summed E-state index contributed by atoms with van der Waals surface area (Å²) in [6.45, 7) is 0.480. The normalized spacial score (nSPS) is 11.4. The number of nitrogens with one attached hydrogen (secondary N) is 1. The first kappa shape index (κ1) is 16.4. The van der Waals surface area contributed by atoms with Crippen LogP contribution in [0.5, 0.6) is 0 Å². The molecule has 0 spiro atoms. The van der Waals surface area contributed by atoms with E-state index in [-0.39, 0.29) is 5.75 Å². The predicted octanol–water partition coefficient (Wildman–Crippen LogP) is 1.49. The lowest BCUT2D eigenvalue weighted by atomic mass is 10.1. The highest BCUT2D eigenvalue weighted by atomic mass is 32.2. The van der Waals surface area contributed by atoms with Crippen molar-refractivity contribution in [3.8, 4) is 0 Å². The third-order valence-electron chi connectivity index (χ3n) is 2.44. The average molecular weight is 318 g/mol. The summed E-state index contributed by atoms with van der Waals surface area (Å²) in [4.78, 5) is 0.310. The fourth-order valence-corrected chi connectivity index (χ4v) is 3.24. The Kier molecular flexibility index (Phi) is 6.78. The summed E-state index contributed by atoms with van der Waals surface area (Å²) in [7, 11) is -3.27. The van der Waals surface area contributed by atoms with E-state index in [0.29, 0.717) is 11.5 Å². The molecule has 0 amide bonds. The molecule has 0 unspecified atom stereocenters. The Morgan fingerprint density at radius 2 is 2.00 bits per heavy atom. The highest BCUT2D eigenvalue weighted by Crippen LogP contribution is 2.08. The first-order valence-corrected chi connectivity index (χ1v) is 9.25. The Hall–Kier alpha value is -0.630. The van der Waals surface area contributed by atoms with E-state index in [1.807, 2.05) is 6.26 Å². The van der Waals surface area contributed by atoms with Gasteiger partial charge in [0.15, 0.2) is 0 Å². The fraction of sp³-hybridized carbons (Fsp3) is 0.417. The zero-order chi connectivity index (χ0) is 14.3. The zero-order valence-corrected chi connectivity index (χ0v) is 13.2. The van der Waals surface area contributed by atoms with Crippen molar-refractivity contribution < 1.29 is 8.42 Å². The molecule has 0 heterocycles.